The summed E-state index contributed by atoms with van der Waals surface area (Å²) in [5, 5.41) is 0. The zero-order valence-corrected chi connectivity index (χ0v) is 13.7. The highest BCUT2D eigenvalue weighted by Crippen LogP contribution is 2.18. The van der Waals surface area contributed by atoms with Crippen molar-refractivity contribution in [1.82, 2.24) is 0 Å². The molecule has 2 aromatic rings. The van der Waals surface area contributed by atoms with E-state index in [0.717, 1.165) is 11.3 Å². The lowest BCUT2D eigenvalue weighted by molar-refractivity contribution is 1.37. The van der Waals surface area contributed by atoms with Gasteiger partial charge in [-0.3, -0.25) is 4.99 Å². The quantitative estimate of drug-likeness (QED) is 0.599. The van der Waals surface area contributed by atoms with Crippen molar-refractivity contribution >= 4 is 17.5 Å². The summed E-state index contributed by atoms with van der Waals surface area (Å²) in [5.41, 5.74) is 5.91. The predicted octanol–water partition coefficient (Wildman–Crippen LogP) is 6.14. The monoisotopic (exact) mass is 279 g/mol. The molecule has 0 heterocycles. The number of allylic oxidation sites excluding steroid dienone is 2. The van der Waals surface area contributed by atoms with Crippen LogP contribution < -0.4 is 0 Å². The number of nitrogens with zero attached hydrogens (tertiary/aromatic N) is 1. The van der Waals surface area contributed by atoms with Crippen molar-refractivity contribution in [1.29, 1.82) is 0 Å². The lowest BCUT2D eigenvalue weighted by Crippen LogP contribution is -1.88. The van der Waals surface area contributed by atoms with Crippen molar-refractivity contribution in [2.75, 3.05) is 0 Å². The van der Waals surface area contributed by atoms with Gasteiger partial charge in [0.05, 0.1) is 5.69 Å². The lowest BCUT2D eigenvalue weighted by Gasteiger charge is -2.05. The minimum Gasteiger partial charge on any atom is -0.256 e. The molecule has 0 radical (unpaired) electrons. The third-order valence-corrected chi connectivity index (χ3v) is 2.97. The molecule has 2 rings (SSSR count). The molecule has 0 spiro atoms. The Balaban J connectivity index is 0.00000106. The smallest absolute Gasteiger partial charge is 0.0629 e. The van der Waals surface area contributed by atoms with Gasteiger partial charge in [0, 0.05) is 6.21 Å². The number of rotatable bonds is 3. The van der Waals surface area contributed by atoms with E-state index < -0.39 is 0 Å². The summed E-state index contributed by atoms with van der Waals surface area (Å²) < 4.78 is 0. The number of aryl methyl sites for hydroxylation is 2. The molecular weight excluding hydrogens is 254 g/mol. The summed E-state index contributed by atoms with van der Waals surface area (Å²) >= 11 is 0. The zero-order valence-electron chi connectivity index (χ0n) is 13.7. The van der Waals surface area contributed by atoms with Crippen LogP contribution in [0, 0.1) is 13.8 Å². The molecule has 0 aliphatic carbocycles. The average Bonchev–Trinajstić information content (AvgIpc) is 2.50. The van der Waals surface area contributed by atoms with Crippen molar-refractivity contribution in [3.63, 3.8) is 0 Å². The highest BCUT2D eigenvalue weighted by atomic mass is 14.7. The molecule has 0 bridgehead atoms. The molecule has 0 fully saturated rings. The maximum absolute atomic E-state index is 4.52. The second kappa shape index (κ2) is 8.91. The van der Waals surface area contributed by atoms with Crippen LogP contribution >= 0.6 is 0 Å². The Hall–Kier alpha value is -2.15. The molecular formula is C20H25N. The van der Waals surface area contributed by atoms with Crippen molar-refractivity contribution in [2.24, 2.45) is 4.99 Å². The molecule has 1 nitrogen and oxygen atoms in total. The van der Waals surface area contributed by atoms with Crippen molar-refractivity contribution in [3.05, 3.63) is 71.3 Å². The molecule has 0 atom stereocenters. The second-order valence-electron chi connectivity index (χ2n) is 4.71. The Labute approximate surface area is 129 Å². The molecule has 0 unspecified atom stereocenters. The largest absolute Gasteiger partial charge is 0.256 e. The fourth-order valence-electron chi connectivity index (χ4n) is 2.12. The molecule has 0 N–H and O–H groups in total. The maximum atomic E-state index is 4.52. The van der Waals surface area contributed by atoms with Crippen LogP contribution in [0.15, 0.2) is 59.6 Å². The van der Waals surface area contributed by atoms with Crippen LogP contribution in [0.4, 0.5) is 5.69 Å². The summed E-state index contributed by atoms with van der Waals surface area (Å²) in [6.07, 6.45) is 4.03. The van der Waals surface area contributed by atoms with E-state index in [-0.39, 0.29) is 0 Å². The Kier molecular flexibility index (Phi) is 7.17. The number of benzene rings is 2. The van der Waals surface area contributed by atoms with E-state index in [1.807, 2.05) is 57.3 Å². The summed E-state index contributed by atoms with van der Waals surface area (Å²) in [7, 11) is 0. The predicted molar refractivity (Wildman–Crippen MR) is 95.5 cm³/mol. The lowest BCUT2D eigenvalue weighted by atomic mass is 10.0. The Bertz CT molecular complexity index is 587. The van der Waals surface area contributed by atoms with E-state index in [9.17, 15) is 0 Å². The first-order valence-electron chi connectivity index (χ1n) is 7.53. The van der Waals surface area contributed by atoms with E-state index >= 15 is 0 Å². The molecule has 0 aliphatic heterocycles. The van der Waals surface area contributed by atoms with Gasteiger partial charge in [0.2, 0.25) is 0 Å². The highest BCUT2D eigenvalue weighted by Gasteiger charge is 2.00. The van der Waals surface area contributed by atoms with Crippen LogP contribution in [-0.2, 0) is 0 Å². The molecule has 2 aromatic carbocycles. The van der Waals surface area contributed by atoms with Gasteiger partial charge in [0.25, 0.3) is 0 Å². The average molecular weight is 279 g/mol. The molecule has 110 valence electrons. The molecule has 0 aromatic heterocycles. The third-order valence-electron chi connectivity index (χ3n) is 2.97. The van der Waals surface area contributed by atoms with Gasteiger partial charge < -0.3 is 0 Å². The van der Waals surface area contributed by atoms with Crippen LogP contribution in [0.25, 0.3) is 5.57 Å². The van der Waals surface area contributed by atoms with Crippen LogP contribution in [0.2, 0.25) is 0 Å². The van der Waals surface area contributed by atoms with Gasteiger partial charge in [-0.1, -0.05) is 67.4 Å². The van der Waals surface area contributed by atoms with Crippen molar-refractivity contribution in [2.45, 2.75) is 34.6 Å². The van der Waals surface area contributed by atoms with Gasteiger partial charge in [-0.2, -0.15) is 0 Å². The first kappa shape index (κ1) is 16.9. The van der Waals surface area contributed by atoms with Gasteiger partial charge in [0.15, 0.2) is 0 Å². The number of aliphatic imine (C=N–C) groups is 1. The standard InChI is InChI=1S/C18H19N.C2H6/c1-4-16(13-19-18-8-6-5-7-9-18)17-11-14(2)10-15(3)12-17;1-2/h4-13H,1-3H3;1-2H3/b16-4+,19-13?;. The second-order valence-corrected chi connectivity index (χ2v) is 4.71. The van der Waals surface area contributed by atoms with Crippen LogP contribution in [0.5, 0.6) is 0 Å². The van der Waals surface area contributed by atoms with Crippen molar-refractivity contribution < 1.29 is 0 Å². The van der Waals surface area contributed by atoms with Crippen LogP contribution in [-0.4, -0.2) is 6.21 Å². The first-order chi connectivity index (χ1) is 10.2. The summed E-state index contributed by atoms with van der Waals surface area (Å²) in [6.45, 7) is 10.3. The number of hydrogen-bond acceptors (Lipinski definition) is 1. The third kappa shape index (κ3) is 5.39. The minimum atomic E-state index is 0.978. The summed E-state index contributed by atoms with van der Waals surface area (Å²) in [5.74, 6) is 0. The fourth-order valence-corrected chi connectivity index (χ4v) is 2.12. The molecule has 0 aliphatic rings. The SMILES string of the molecule is C/C=C(\C=Nc1ccccc1)c1cc(C)cc(C)c1.CC. The van der Waals surface area contributed by atoms with Gasteiger partial charge in [-0.15, -0.1) is 0 Å². The van der Waals surface area contributed by atoms with Gasteiger partial charge in [-0.25, -0.2) is 0 Å². The minimum absolute atomic E-state index is 0.978. The van der Waals surface area contributed by atoms with Gasteiger partial charge in [-0.05, 0) is 44.0 Å². The van der Waals surface area contributed by atoms with E-state index in [1.54, 1.807) is 0 Å². The van der Waals surface area contributed by atoms with Gasteiger partial charge in [0.1, 0.15) is 0 Å². The molecule has 21 heavy (non-hydrogen) atoms. The normalized spacial score (nSPS) is 11.2. The molecule has 0 saturated carbocycles. The van der Waals surface area contributed by atoms with Crippen LogP contribution in [0.1, 0.15) is 37.5 Å². The molecule has 1 heteroatoms. The zero-order chi connectivity index (χ0) is 15.7. The topological polar surface area (TPSA) is 12.4 Å². The highest BCUT2D eigenvalue weighted by molar-refractivity contribution is 6.10. The van der Waals surface area contributed by atoms with E-state index in [1.165, 1.54) is 16.7 Å². The van der Waals surface area contributed by atoms with E-state index in [2.05, 4.69) is 43.1 Å². The van der Waals surface area contributed by atoms with E-state index in [4.69, 9.17) is 0 Å². The summed E-state index contributed by atoms with van der Waals surface area (Å²) in [6, 6.07) is 16.6. The Morgan fingerprint density at radius 1 is 0.905 bits per heavy atom. The van der Waals surface area contributed by atoms with Crippen LogP contribution in [0.3, 0.4) is 0 Å². The number of hydrogen-bond donors (Lipinski definition) is 0. The van der Waals surface area contributed by atoms with Crippen molar-refractivity contribution in [3.8, 4) is 0 Å². The molecule has 0 saturated heterocycles. The fraction of sp³-hybridized carbons (Fsp3) is 0.250. The maximum Gasteiger partial charge on any atom is 0.0629 e. The first-order valence-corrected chi connectivity index (χ1v) is 7.53. The summed E-state index contributed by atoms with van der Waals surface area (Å²) in [4.78, 5) is 4.52. The van der Waals surface area contributed by atoms with Gasteiger partial charge >= 0.3 is 0 Å². The van der Waals surface area contributed by atoms with E-state index in [0.29, 0.717) is 0 Å². The Morgan fingerprint density at radius 3 is 2.00 bits per heavy atom. The molecule has 0 amide bonds. The Morgan fingerprint density at radius 2 is 1.48 bits per heavy atom. The number of para-hydroxylation sites is 1.